The van der Waals surface area contributed by atoms with Crippen LogP contribution in [0.3, 0.4) is 0 Å². The minimum Gasteiger partial charge on any atom is -0.192 e. The zero-order chi connectivity index (χ0) is 19.6. The summed E-state index contributed by atoms with van der Waals surface area (Å²) in [5, 5.41) is 5.53. The Bertz CT molecular complexity index is 1410. The minimum atomic E-state index is -1.11. The molecule has 0 nitrogen and oxygen atoms in total. The van der Waals surface area contributed by atoms with Crippen LogP contribution in [0.4, 0.5) is 0 Å². The summed E-state index contributed by atoms with van der Waals surface area (Å²) in [7, 11) is -1.11. The lowest BCUT2D eigenvalue weighted by molar-refractivity contribution is 1.46. The first-order valence-corrected chi connectivity index (χ1v) is 12.5. The molecule has 1 aliphatic heterocycles. The van der Waals surface area contributed by atoms with Crippen molar-refractivity contribution in [3.63, 3.8) is 0 Å². The molecule has 0 aliphatic carbocycles. The monoisotopic (exact) mass is 390 g/mol. The normalized spacial score (nSPS) is 15.2. The van der Waals surface area contributed by atoms with Gasteiger partial charge in [0.15, 0.2) is 0 Å². The summed E-state index contributed by atoms with van der Waals surface area (Å²) >= 11 is 0. The third-order valence-electron chi connectivity index (χ3n) is 6.30. The van der Waals surface area contributed by atoms with E-state index in [1.807, 2.05) is 0 Å². The maximum atomic E-state index is 2.47. The van der Waals surface area contributed by atoms with Crippen molar-refractivity contribution in [1.82, 2.24) is 0 Å². The highest BCUT2D eigenvalue weighted by atomic mass is 32.3. The molecule has 0 radical (unpaired) electrons. The van der Waals surface area contributed by atoms with Gasteiger partial charge in [-0.25, -0.2) is 0 Å². The van der Waals surface area contributed by atoms with E-state index in [1.165, 1.54) is 48.7 Å². The Morgan fingerprint density at radius 1 is 0.517 bits per heavy atom. The molecule has 1 heterocycles. The van der Waals surface area contributed by atoms with Gasteiger partial charge in [-0.05, 0) is 56.8 Å². The third-order valence-corrected chi connectivity index (χ3v) is 9.19. The second-order valence-corrected chi connectivity index (χ2v) is 11.7. The van der Waals surface area contributed by atoms with Crippen LogP contribution in [0.15, 0.2) is 107 Å². The second-order valence-electron chi connectivity index (χ2n) is 8.20. The fourth-order valence-electron chi connectivity index (χ4n) is 4.98. The van der Waals surface area contributed by atoms with Crippen molar-refractivity contribution >= 4 is 31.6 Å². The quantitative estimate of drug-likeness (QED) is 0.253. The van der Waals surface area contributed by atoms with E-state index in [2.05, 4.69) is 110 Å². The van der Waals surface area contributed by atoms with Gasteiger partial charge in [-0.15, -0.1) is 0 Å². The predicted molar refractivity (Wildman–Crippen MR) is 128 cm³/mol. The molecule has 0 unspecified atom stereocenters. The second kappa shape index (κ2) is 5.98. The molecule has 0 saturated heterocycles. The molecule has 1 aliphatic rings. The summed E-state index contributed by atoms with van der Waals surface area (Å²) in [5.74, 6) is 0. The van der Waals surface area contributed by atoms with Crippen molar-refractivity contribution in [3.8, 4) is 22.3 Å². The van der Waals surface area contributed by atoms with Gasteiger partial charge in [0.2, 0.25) is 0 Å². The van der Waals surface area contributed by atoms with Crippen LogP contribution in [0, 0.1) is 0 Å². The molecule has 5 aromatic rings. The van der Waals surface area contributed by atoms with Crippen LogP contribution in [0.5, 0.6) is 0 Å². The van der Waals surface area contributed by atoms with Crippen molar-refractivity contribution in [2.45, 2.75) is 9.79 Å². The number of benzene rings is 5. The lowest BCUT2D eigenvalue weighted by Crippen LogP contribution is -1.95. The highest BCUT2D eigenvalue weighted by Gasteiger charge is 2.35. The van der Waals surface area contributed by atoms with E-state index in [-0.39, 0.29) is 0 Å². The first-order chi connectivity index (χ1) is 14.2. The van der Waals surface area contributed by atoms with Crippen molar-refractivity contribution in [1.29, 1.82) is 0 Å². The van der Waals surface area contributed by atoms with E-state index in [4.69, 9.17) is 0 Å². The Labute approximate surface area is 173 Å². The molecule has 0 bridgehead atoms. The lowest BCUT2D eigenvalue weighted by Gasteiger charge is -2.30. The number of rotatable bonds is 1. The van der Waals surface area contributed by atoms with Crippen LogP contribution in [-0.2, 0) is 0 Å². The van der Waals surface area contributed by atoms with Crippen LogP contribution < -0.4 is 0 Å². The molecule has 0 aromatic heterocycles. The molecule has 6 rings (SSSR count). The molecular formula is C28H22S. The molecule has 1 heteroatoms. The van der Waals surface area contributed by atoms with Gasteiger partial charge in [0.05, 0.1) is 0 Å². The molecule has 0 spiro atoms. The highest BCUT2D eigenvalue weighted by molar-refractivity contribution is 8.33. The summed E-state index contributed by atoms with van der Waals surface area (Å²) in [4.78, 5) is 3.06. The summed E-state index contributed by atoms with van der Waals surface area (Å²) in [6.45, 7) is 0. The van der Waals surface area contributed by atoms with Crippen molar-refractivity contribution < 1.29 is 0 Å². The van der Waals surface area contributed by atoms with E-state index >= 15 is 0 Å². The highest BCUT2D eigenvalue weighted by Crippen LogP contribution is 2.70. The average molecular weight is 391 g/mol. The summed E-state index contributed by atoms with van der Waals surface area (Å²) in [5.41, 5.74) is 5.47. The Morgan fingerprint density at radius 2 is 1.10 bits per heavy atom. The van der Waals surface area contributed by atoms with Gasteiger partial charge in [-0.3, -0.25) is 0 Å². The van der Waals surface area contributed by atoms with E-state index in [0.717, 1.165) is 0 Å². The van der Waals surface area contributed by atoms with Crippen molar-refractivity contribution in [2.24, 2.45) is 0 Å². The van der Waals surface area contributed by atoms with E-state index in [9.17, 15) is 0 Å². The SMILES string of the molecule is CS1(C)c2cc(-c3ccccc3)ccc2-c2c1c1ccccc1c1ccccc21. The maximum absolute atomic E-state index is 2.47. The van der Waals surface area contributed by atoms with Crippen LogP contribution >= 0.6 is 10.0 Å². The Morgan fingerprint density at radius 3 is 1.83 bits per heavy atom. The first kappa shape index (κ1) is 16.9. The molecule has 29 heavy (non-hydrogen) atoms. The van der Waals surface area contributed by atoms with Gasteiger partial charge >= 0.3 is 0 Å². The fraction of sp³-hybridized carbons (Fsp3) is 0.0714. The molecule has 5 aromatic carbocycles. The molecule has 0 N–H and O–H groups in total. The van der Waals surface area contributed by atoms with Gasteiger partial charge < -0.3 is 0 Å². The largest absolute Gasteiger partial charge is 0.192 e. The summed E-state index contributed by atoms with van der Waals surface area (Å²) in [6.07, 6.45) is 4.93. The topological polar surface area (TPSA) is 0 Å². The van der Waals surface area contributed by atoms with Crippen molar-refractivity contribution in [2.75, 3.05) is 12.5 Å². The van der Waals surface area contributed by atoms with E-state index in [1.54, 1.807) is 4.90 Å². The van der Waals surface area contributed by atoms with Gasteiger partial charge in [0.1, 0.15) is 0 Å². The third kappa shape index (κ3) is 2.28. The number of fused-ring (bicyclic) bond motifs is 8. The number of hydrogen-bond acceptors (Lipinski definition) is 0. The average Bonchev–Trinajstić information content (AvgIpc) is 3.02. The Hall–Kier alpha value is -3.03. The molecule has 140 valence electrons. The summed E-state index contributed by atoms with van der Waals surface area (Å²) < 4.78 is 0. The standard InChI is InChI=1S/C28H22S/c1-29(2)26-18-20(19-10-4-3-5-11-19)16-17-25(26)27-23-14-8-6-12-21(23)22-13-7-9-15-24(22)28(27)29/h3-18H,1-2H3. The molecular weight excluding hydrogens is 368 g/mol. The lowest BCUT2D eigenvalue weighted by atomic mass is 9.92. The van der Waals surface area contributed by atoms with Gasteiger partial charge in [0.25, 0.3) is 0 Å². The van der Waals surface area contributed by atoms with Gasteiger partial charge in [0, 0.05) is 15.4 Å². The predicted octanol–water partition coefficient (Wildman–Crippen LogP) is 8.12. The van der Waals surface area contributed by atoms with Crippen LogP contribution in [0.2, 0.25) is 0 Å². The summed E-state index contributed by atoms with van der Waals surface area (Å²) in [6, 6.07) is 35.7. The van der Waals surface area contributed by atoms with Crippen LogP contribution in [-0.4, -0.2) is 12.5 Å². The zero-order valence-corrected chi connectivity index (χ0v) is 17.5. The maximum Gasteiger partial charge on any atom is 0.0101 e. The van der Waals surface area contributed by atoms with Gasteiger partial charge in [-0.1, -0.05) is 91.0 Å². The van der Waals surface area contributed by atoms with E-state index in [0.29, 0.717) is 0 Å². The first-order valence-electron chi connectivity index (χ1n) is 10.0. The van der Waals surface area contributed by atoms with Crippen molar-refractivity contribution in [3.05, 3.63) is 97.1 Å². The smallest absolute Gasteiger partial charge is 0.0101 e. The minimum absolute atomic E-state index is 1.11. The molecule has 0 amide bonds. The molecule has 0 fully saturated rings. The van der Waals surface area contributed by atoms with Gasteiger partial charge in [-0.2, -0.15) is 10.0 Å². The van der Waals surface area contributed by atoms with Crippen LogP contribution in [0.1, 0.15) is 0 Å². The zero-order valence-electron chi connectivity index (χ0n) is 16.6. The van der Waals surface area contributed by atoms with Crippen LogP contribution in [0.25, 0.3) is 43.8 Å². The molecule has 0 saturated carbocycles. The molecule has 0 atom stereocenters. The van der Waals surface area contributed by atoms with E-state index < -0.39 is 10.0 Å². The fourth-order valence-corrected chi connectivity index (χ4v) is 7.80. The number of hydrogen-bond donors (Lipinski definition) is 0. The Kier molecular flexibility index (Phi) is 3.48. The Balaban J connectivity index is 1.75.